The number of halogens is 5. The highest BCUT2D eigenvalue weighted by Gasteiger charge is 2.31. The highest BCUT2D eigenvalue weighted by Crippen LogP contribution is 2.32. The number of anilines is 1. The van der Waals surface area contributed by atoms with Crippen LogP contribution >= 0.6 is 27.5 Å². The van der Waals surface area contributed by atoms with Gasteiger partial charge in [-0.1, -0.05) is 27.5 Å². The first-order valence-corrected chi connectivity index (χ1v) is 7.79. The van der Waals surface area contributed by atoms with Crippen LogP contribution in [0.1, 0.15) is 15.9 Å². The summed E-state index contributed by atoms with van der Waals surface area (Å²) in [5.74, 6) is -1.78. The number of ether oxygens (including phenoxy) is 1. The molecule has 0 radical (unpaired) electrons. The summed E-state index contributed by atoms with van der Waals surface area (Å²) >= 11 is 8.88. The Balaban J connectivity index is 1.94. The summed E-state index contributed by atoms with van der Waals surface area (Å²) in [4.78, 5) is 26.9. The number of hydrogen-bond donors (Lipinski definition) is 1. The van der Waals surface area contributed by atoms with Gasteiger partial charge in [0.15, 0.2) is 12.4 Å². The van der Waals surface area contributed by atoms with Crippen molar-refractivity contribution in [3.05, 3.63) is 57.2 Å². The van der Waals surface area contributed by atoms with E-state index in [0.29, 0.717) is 12.3 Å². The summed E-state index contributed by atoms with van der Waals surface area (Å²) in [5, 5.41) is 1.78. The number of nitrogens with zero attached hydrogens (tertiary/aromatic N) is 1. The van der Waals surface area contributed by atoms with Gasteiger partial charge >= 0.3 is 12.1 Å². The first-order valence-electron chi connectivity index (χ1n) is 6.62. The minimum atomic E-state index is -4.60. The van der Waals surface area contributed by atoms with Gasteiger partial charge in [-0.3, -0.25) is 4.79 Å². The fraction of sp³-hybridized carbons (Fsp3) is 0.133. The Bertz CT molecular complexity index is 798. The SMILES string of the molecule is O=C(COC(=O)c1ccc(Br)cc1)Nc1ncc(C(F)(F)F)cc1Cl. The molecule has 132 valence electrons. The van der Waals surface area contributed by atoms with E-state index >= 15 is 0 Å². The van der Waals surface area contributed by atoms with Gasteiger partial charge < -0.3 is 10.1 Å². The van der Waals surface area contributed by atoms with Gasteiger partial charge in [0.25, 0.3) is 5.91 Å². The maximum absolute atomic E-state index is 12.5. The number of amides is 1. The van der Waals surface area contributed by atoms with E-state index in [1.54, 1.807) is 12.1 Å². The molecule has 2 aromatic rings. The molecule has 25 heavy (non-hydrogen) atoms. The Kier molecular flexibility index (Phi) is 6.02. The first-order chi connectivity index (χ1) is 11.7. The third kappa shape index (κ3) is 5.43. The van der Waals surface area contributed by atoms with E-state index in [1.807, 2.05) is 0 Å². The molecule has 1 heterocycles. The molecule has 5 nitrogen and oxygen atoms in total. The summed E-state index contributed by atoms with van der Waals surface area (Å²) in [6.45, 7) is -0.645. The molecular formula is C15H9BrClF3N2O3. The summed E-state index contributed by atoms with van der Waals surface area (Å²) in [6, 6.07) is 6.89. The topological polar surface area (TPSA) is 68.3 Å². The van der Waals surface area contributed by atoms with E-state index in [2.05, 4.69) is 26.2 Å². The molecule has 0 fully saturated rings. The average Bonchev–Trinajstić information content (AvgIpc) is 2.54. The Labute approximate surface area is 153 Å². The van der Waals surface area contributed by atoms with E-state index in [1.165, 1.54) is 12.1 Å². The van der Waals surface area contributed by atoms with Crippen LogP contribution in [0.25, 0.3) is 0 Å². The van der Waals surface area contributed by atoms with Gasteiger partial charge in [-0.15, -0.1) is 0 Å². The van der Waals surface area contributed by atoms with Crippen LogP contribution in [0, 0.1) is 0 Å². The van der Waals surface area contributed by atoms with Crippen molar-refractivity contribution in [2.24, 2.45) is 0 Å². The number of carbonyl (C=O) groups is 2. The van der Waals surface area contributed by atoms with Crippen LogP contribution in [0.4, 0.5) is 19.0 Å². The van der Waals surface area contributed by atoms with E-state index < -0.39 is 30.2 Å². The van der Waals surface area contributed by atoms with Crippen LogP contribution in [-0.4, -0.2) is 23.5 Å². The van der Waals surface area contributed by atoms with E-state index in [4.69, 9.17) is 16.3 Å². The average molecular weight is 438 g/mol. The van der Waals surface area contributed by atoms with Crippen molar-refractivity contribution in [1.82, 2.24) is 4.98 Å². The van der Waals surface area contributed by atoms with Crippen LogP contribution in [-0.2, 0) is 15.7 Å². The summed E-state index contributed by atoms with van der Waals surface area (Å²) in [6.07, 6.45) is -4.06. The Morgan fingerprint density at radius 3 is 2.44 bits per heavy atom. The fourth-order valence-electron chi connectivity index (χ4n) is 1.65. The van der Waals surface area contributed by atoms with Crippen LogP contribution in [0.2, 0.25) is 5.02 Å². The molecule has 0 unspecified atom stereocenters. The molecule has 0 aliphatic carbocycles. The zero-order valence-electron chi connectivity index (χ0n) is 12.2. The maximum Gasteiger partial charge on any atom is 0.417 e. The third-order valence-electron chi connectivity index (χ3n) is 2.84. The smallest absolute Gasteiger partial charge is 0.417 e. The maximum atomic E-state index is 12.5. The molecule has 0 aliphatic heterocycles. The Morgan fingerprint density at radius 1 is 1.24 bits per heavy atom. The molecule has 10 heteroatoms. The highest BCUT2D eigenvalue weighted by atomic mass is 79.9. The number of hydrogen-bond acceptors (Lipinski definition) is 4. The van der Waals surface area contributed by atoms with Gasteiger partial charge in [-0.05, 0) is 30.3 Å². The van der Waals surface area contributed by atoms with Crippen molar-refractivity contribution in [3.63, 3.8) is 0 Å². The number of esters is 1. The summed E-state index contributed by atoms with van der Waals surface area (Å²) < 4.78 is 43.1. The first kappa shape index (κ1) is 19.2. The molecular weight excluding hydrogens is 429 g/mol. The van der Waals surface area contributed by atoms with E-state index in [-0.39, 0.29) is 16.4 Å². The van der Waals surface area contributed by atoms with E-state index in [0.717, 1.165) is 4.47 Å². The third-order valence-corrected chi connectivity index (χ3v) is 3.66. The molecule has 0 saturated carbocycles. The number of carbonyl (C=O) groups excluding carboxylic acids is 2. The van der Waals surface area contributed by atoms with Gasteiger partial charge in [0, 0.05) is 10.7 Å². The standard InChI is InChI=1S/C15H9BrClF3N2O3/c16-10-3-1-8(2-4-10)14(24)25-7-12(23)22-13-11(17)5-9(6-21-13)15(18,19)20/h1-6H,7H2,(H,21,22,23). The van der Waals surface area contributed by atoms with Crippen LogP contribution in [0.5, 0.6) is 0 Å². The zero-order valence-corrected chi connectivity index (χ0v) is 14.6. The van der Waals surface area contributed by atoms with Crippen molar-refractivity contribution in [2.45, 2.75) is 6.18 Å². The lowest BCUT2D eigenvalue weighted by atomic mass is 10.2. The summed E-state index contributed by atoms with van der Waals surface area (Å²) in [5.41, 5.74) is -0.807. The molecule has 1 amide bonds. The van der Waals surface area contributed by atoms with Gasteiger partial charge in [-0.25, -0.2) is 9.78 Å². The molecule has 1 aromatic carbocycles. The van der Waals surface area contributed by atoms with Gasteiger partial charge in [0.2, 0.25) is 0 Å². The molecule has 1 N–H and O–H groups in total. The Hall–Kier alpha value is -2.13. The lowest BCUT2D eigenvalue weighted by Gasteiger charge is -2.10. The predicted molar refractivity (Wildman–Crippen MR) is 87.3 cm³/mol. The second kappa shape index (κ2) is 7.83. The van der Waals surface area contributed by atoms with Crippen molar-refractivity contribution in [3.8, 4) is 0 Å². The van der Waals surface area contributed by atoms with Crippen molar-refractivity contribution >= 4 is 45.2 Å². The number of rotatable bonds is 4. The second-order valence-corrected chi connectivity index (χ2v) is 6.01. The normalized spacial score (nSPS) is 11.1. The van der Waals surface area contributed by atoms with Crippen molar-refractivity contribution < 1.29 is 27.5 Å². The zero-order chi connectivity index (χ0) is 18.6. The largest absolute Gasteiger partial charge is 0.452 e. The van der Waals surface area contributed by atoms with Crippen molar-refractivity contribution in [1.29, 1.82) is 0 Å². The molecule has 0 saturated heterocycles. The monoisotopic (exact) mass is 436 g/mol. The van der Waals surface area contributed by atoms with Crippen LogP contribution < -0.4 is 5.32 Å². The van der Waals surface area contributed by atoms with Gasteiger partial charge in [-0.2, -0.15) is 13.2 Å². The van der Waals surface area contributed by atoms with Crippen LogP contribution in [0.3, 0.4) is 0 Å². The lowest BCUT2D eigenvalue weighted by Crippen LogP contribution is -2.22. The molecule has 0 atom stereocenters. The summed E-state index contributed by atoms with van der Waals surface area (Å²) in [7, 11) is 0. The number of pyridine rings is 1. The Morgan fingerprint density at radius 2 is 1.88 bits per heavy atom. The molecule has 0 bridgehead atoms. The minimum absolute atomic E-state index is 0.238. The number of nitrogens with one attached hydrogen (secondary N) is 1. The predicted octanol–water partition coefficient (Wildman–Crippen LogP) is 4.31. The van der Waals surface area contributed by atoms with Crippen molar-refractivity contribution in [2.75, 3.05) is 11.9 Å². The van der Waals surface area contributed by atoms with Crippen LogP contribution in [0.15, 0.2) is 41.0 Å². The molecule has 0 aliphatic rings. The highest BCUT2D eigenvalue weighted by molar-refractivity contribution is 9.10. The second-order valence-electron chi connectivity index (χ2n) is 4.68. The number of benzene rings is 1. The van der Waals surface area contributed by atoms with Gasteiger partial charge in [0.05, 0.1) is 16.1 Å². The minimum Gasteiger partial charge on any atom is -0.452 e. The quantitative estimate of drug-likeness (QED) is 0.724. The number of alkyl halides is 3. The van der Waals surface area contributed by atoms with E-state index in [9.17, 15) is 22.8 Å². The lowest BCUT2D eigenvalue weighted by molar-refractivity contribution is -0.137. The molecule has 1 aromatic heterocycles. The molecule has 0 spiro atoms. The fourth-order valence-corrected chi connectivity index (χ4v) is 2.13. The number of aromatic nitrogens is 1. The molecule has 2 rings (SSSR count). The van der Waals surface area contributed by atoms with Gasteiger partial charge in [0.1, 0.15) is 0 Å².